The molecule has 0 unspecified atom stereocenters. The van der Waals surface area contributed by atoms with Gasteiger partial charge in [0.05, 0.1) is 13.7 Å². The number of benzene rings is 1. The summed E-state index contributed by atoms with van der Waals surface area (Å²) in [5.74, 6) is 2.47. The van der Waals surface area contributed by atoms with Gasteiger partial charge in [0.25, 0.3) is 0 Å². The monoisotopic (exact) mass is 305 g/mol. The zero-order valence-electron chi connectivity index (χ0n) is 13.8. The van der Waals surface area contributed by atoms with Gasteiger partial charge >= 0.3 is 0 Å². The van der Waals surface area contributed by atoms with Crippen molar-refractivity contribution in [2.24, 2.45) is 4.99 Å². The molecule has 0 saturated heterocycles. The summed E-state index contributed by atoms with van der Waals surface area (Å²) >= 11 is 0. The molecule has 1 N–H and O–H groups in total. The molecule has 1 rings (SSSR count). The van der Waals surface area contributed by atoms with Crippen LogP contribution in [0.5, 0.6) is 11.5 Å². The molecular weight excluding hydrogens is 278 g/mol. The Balaban J connectivity index is 2.30. The first-order valence-electron chi connectivity index (χ1n) is 7.50. The minimum Gasteiger partial charge on any atom is -0.497 e. The molecule has 0 aromatic heterocycles. The quantitative estimate of drug-likeness (QED) is 0.330. The molecular formula is C17H27N3O2. The number of ether oxygens (including phenoxy) is 2. The molecule has 5 heteroatoms. The molecule has 1 aromatic carbocycles. The molecule has 0 atom stereocenters. The number of aliphatic imine (C=N–C) groups is 1. The topological polar surface area (TPSA) is 46.1 Å². The largest absolute Gasteiger partial charge is 0.497 e. The average molecular weight is 305 g/mol. The van der Waals surface area contributed by atoms with Gasteiger partial charge in [0.15, 0.2) is 5.96 Å². The lowest BCUT2D eigenvalue weighted by Gasteiger charge is -2.21. The maximum Gasteiger partial charge on any atom is 0.193 e. The number of nitrogens with one attached hydrogen (secondary N) is 1. The van der Waals surface area contributed by atoms with Crippen molar-refractivity contribution in [1.82, 2.24) is 10.2 Å². The molecule has 0 saturated carbocycles. The molecule has 0 aliphatic carbocycles. The van der Waals surface area contributed by atoms with Crippen molar-refractivity contribution in [3.8, 4) is 11.5 Å². The summed E-state index contributed by atoms with van der Waals surface area (Å²) in [6.07, 6.45) is 4.02. The number of allylic oxidation sites excluding steroid dienone is 1. The van der Waals surface area contributed by atoms with Gasteiger partial charge in [0.2, 0.25) is 0 Å². The van der Waals surface area contributed by atoms with Crippen LogP contribution in [0.4, 0.5) is 0 Å². The van der Waals surface area contributed by atoms with Crippen LogP contribution in [0.25, 0.3) is 0 Å². The maximum absolute atomic E-state index is 5.69. The second-order valence-corrected chi connectivity index (χ2v) is 4.85. The summed E-state index contributed by atoms with van der Waals surface area (Å²) < 4.78 is 10.9. The van der Waals surface area contributed by atoms with Crippen molar-refractivity contribution < 1.29 is 9.47 Å². The van der Waals surface area contributed by atoms with Crippen molar-refractivity contribution >= 4 is 5.96 Å². The van der Waals surface area contributed by atoms with Crippen molar-refractivity contribution in [3.05, 3.63) is 36.9 Å². The van der Waals surface area contributed by atoms with Crippen LogP contribution < -0.4 is 14.8 Å². The summed E-state index contributed by atoms with van der Waals surface area (Å²) in [5.41, 5.74) is 0. The molecule has 0 fully saturated rings. The normalized spacial score (nSPS) is 11.0. The summed E-state index contributed by atoms with van der Waals surface area (Å²) in [7, 11) is 5.46. The fraction of sp³-hybridized carbons (Fsp3) is 0.471. The summed E-state index contributed by atoms with van der Waals surface area (Å²) in [4.78, 5) is 6.37. The number of guanidine groups is 1. The number of hydrogen-bond donors (Lipinski definition) is 1. The molecule has 0 aliphatic heterocycles. The van der Waals surface area contributed by atoms with E-state index in [9.17, 15) is 0 Å². The minimum absolute atomic E-state index is 0.562. The Morgan fingerprint density at radius 3 is 2.86 bits per heavy atom. The number of unbranched alkanes of at least 4 members (excludes halogenated alkanes) is 1. The van der Waals surface area contributed by atoms with Gasteiger partial charge in [-0.1, -0.05) is 12.1 Å². The first-order valence-corrected chi connectivity index (χ1v) is 7.50. The lowest BCUT2D eigenvalue weighted by atomic mass is 10.3. The van der Waals surface area contributed by atoms with E-state index >= 15 is 0 Å². The smallest absolute Gasteiger partial charge is 0.193 e. The summed E-state index contributed by atoms with van der Waals surface area (Å²) in [6, 6.07) is 7.59. The van der Waals surface area contributed by atoms with Gasteiger partial charge in [-0.3, -0.25) is 4.99 Å². The predicted molar refractivity (Wildman–Crippen MR) is 91.9 cm³/mol. The van der Waals surface area contributed by atoms with Gasteiger partial charge in [0, 0.05) is 26.7 Å². The highest BCUT2D eigenvalue weighted by Gasteiger charge is 2.04. The SMILES string of the molecule is C=CCCCN(C)C(=NC)NCCOc1cccc(OC)c1. The molecule has 122 valence electrons. The maximum atomic E-state index is 5.69. The highest BCUT2D eigenvalue weighted by Crippen LogP contribution is 2.18. The molecule has 0 aliphatic rings. The van der Waals surface area contributed by atoms with E-state index in [4.69, 9.17) is 9.47 Å². The van der Waals surface area contributed by atoms with Crippen molar-refractivity contribution in [3.63, 3.8) is 0 Å². The van der Waals surface area contributed by atoms with Gasteiger partial charge in [0.1, 0.15) is 18.1 Å². The third kappa shape index (κ3) is 6.52. The van der Waals surface area contributed by atoms with Crippen LogP contribution in [-0.2, 0) is 0 Å². The highest BCUT2D eigenvalue weighted by molar-refractivity contribution is 5.79. The highest BCUT2D eigenvalue weighted by atomic mass is 16.5. The Morgan fingerprint density at radius 1 is 1.41 bits per heavy atom. The zero-order chi connectivity index (χ0) is 16.2. The van der Waals surface area contributed by atoms with Gasteiger partial charge in [-0.2, -0.15) is 0 Å². The van der Waals surface area contributed by atoms with E-state index in [1.807, 2.05) is 37.4 Å². The Labute approximate surface area is 133 Å². The molecule has 1 aromatic rings. The Bertz CT molecular complexity index is 475. The van der Waals surface area contributed by atoms with Crippen LogP contribution in [0.15, 0.2) is 41.9 Å². The number of hydrogen-bond acceptors (Lipinski definition) is 3. The third-order valence-corrected chi connectivity index (χ3v) is 3.17. The second-order valence-electron chi connectivity index (χ2n) is 4.85. The van der Waals surface area contributed by atoms with Gasteiger partial charge < -0.3 is 19.7 Å². The summed E-state index contributed by atoms with van der Waals surface area (Å²) in [6.45, 7) is 5.93. The van der Waals surface area contributed by atoms with Gasteiger partial charge in [-0.25, -0.2) is 0 Å². The second kappa shape index (κ2) is 10.5. The van der Waals surface area contributed by atoms with E-state index in [0.717, 1.165) is 36.8 Å². The van der Waals surface area contributed by atoms with Crippen LogP contribution in [0.2, 0.25) is 0 Å². The summed E-state index contributed by atoms with van der Waals surface area (Å²) in [5, 5.41) is 3.29. The van der Waals surface area contributed by atoms with Crippen molar-refractivity contribution in [2.75, 3.05) is 40.9 Å². The lowest BCUT2D eigenvalue weighted by molar-refractivity contribution is 0.316. The Morgan fingerprint density at radius 2 is 2.18 bits per heavy atom. The number of nitrogens with zero attached hydrogens (tertiary/aromatic N) is 2. The first-order chi connectivity index (χ1) is 10.7. The van der Waals surface area contributed by atoms with E-state index < -0.39 is 0 Å². The number of methoxy groups -OCH3 is 1. The van der Waals surface area contributed by atoms with E-state index in [1.54, 1.807) is 14.2 Å². The van der Waals surface area contributed by atoms with Crippen LogP contribution in [0.1, 0.15) is 12.8 Å². The standard InChI is InChI=1S/C17H27N3O2/c1-5-6-7-12-20(3)17(18-2)19-11-13-22-16-10-8-9-15(14-16)21-4/h5,8-10,14H,1,6-7,11-13H2,2-4H3,(H,18,19). The van der Waals surface area contributed by atoms with E-state index in [-0.39, 0.29) is 0 Å². The molecule has 5 nitrogen and oxygen atoms in total. The van der Waals surface area contributed by atoms with Crippen molar-refractivity contribution in [1.29, 1.82) is 0 Å². The molecule has 0 spiro atoms. The predicted octanol–water partition coefficient (Wildman–Crippen LogP) is 2.55. The Kier molecular flexibility index (Phi) is 8.57. The molecule has 0 heterocycles. The van der Waals surface area contributed by atoms with E-state index in [0.29, 0.717) is 13.2 Å². The molecule has 22 heavy (non-hydrogen) atoms. The van der Waals surface area contributed by atoms with Gasteiger partial charge in [-0.15, -0.1) is 6.58 Å². The van der Waals surface area contributed by atoms with Gasteiger partial charge in [-0.05, 0) is 25.0 Å². The van der Waals surface area contributed by atoms with Crippen LogP contribution >= 0.6 is 0 Å². The zero-order valence-corrected chi connectivity index (χ0v) is 13.8. The fourth-order valence-corrected chi connectivity index (χ4v) is 1.99. The fourth-order valence-electron chi connectivity index (χ4n) is 1.99. The van der Waals surface area contributed by atoms with Crippen LogP contribution in [0.3, 0.4) is 0 Å². The Hall–Kier alpha value is -2.17. The molecule has 0 bridgehead atoms. The first kappa shape index (κ1) is 17.9. The average Bonchev–Trinajstić information content (AvgIpc) is 2.55. The van der Waals surface area contributed by atoms with Crippen molar-refractivity contribution in [2.45, 2.75) is 12.8 Å². The lowest BCUT2D eigenvalue weighted by Crippen LogP contribution is -2.41. The molecule has 0 amide bonds. The van der Waals surface area contributed by atoms with Crippen LogP contribution in [-0.4, -0.2) is 51.8 Å². The third-order valence-electron chi connectivity index (χ3n) is 3.17. The molecule has 0 radical (unpaired) electrons. The number of rotatable bonds is 9. The van der Waals surface area contributed by atoms with E-state index in [2.05, 4.69) is 21.8 Å². The van der Waals surface area contributed by atoms with Crippen LogP contribution in [0, 0.1) is 0 Å². The van der Waals surface area contributed by atoms with E-state index in [1.165, 1.54) is 0 Å². The minimum atomic E-state index is 0.562.